The van der Waals surface area contributed by atoms with E-state index in [4.69, 9.17) is 5.11 Å². The van der Waals surface area contributed by atoms with Gasteiger partial charge >= 0.3 is 5.97 Å². The highest BCUT2D eigenvalue weighted by molar-refractivity contribution is 9.10. The lowest BCUT2D eigenvalue weighted by Gasteiger charge is -2.05. The molecule has 0 atom stereocenters. The number of carboxylic acids is 1. The van der Waals surface area contributed by atoms with Gasteiger partial charge in [0.1, 0.15) is 5.75 Å². The van der Waals surface area contributed by atoms with Gasteiger partial charge in [0.15, 0.2) is 0 Å². The van der Waals surface area contributed by atoms with Crippen LogP contribution in [0, 0.1) is 6.92 Å². The number of aromatic carboxylic acids is 1. The minimum atomic E-state index is -1.01. The zero-order valence-corrected chi connectivity index (χ0v) is 12.8. The van der Waals surface area contributed by atoms with Crippen LogP contribution >= 0.6 is 15.9 Å². The van der Waals surface area contributed by atoms with Gasteiger partial charge < -0.3 is 10.2 Å². The van der Waals surface area contributed by atoms with Gasteiger partial charge in [0, 0.05) is 5.56 Å². The van der Waals surface area contributed by atoms with Crippen molar-refractivity contribution in [1.82, 2.24) is 0 Å². The molecule has 0 bridgehead atoms. The van der Waals surface area contributed by atoms with Crippen LogP contribution in [0.2, 0.25) is 0 Å². The highest BCUT2D eigenvalue weighted by atomic mass is 79.9. The molecule has 2 aromatic rings. The molecular formula is C15H13BrN2O3. The van der Waals surface area contributed by atoms with Gasteiger partial charge in [-0.2, -0.15) is 10.2 Å². The molecule has 0 unspecified atom stereocenters. The van der Waals surface area contributed by atoms with Crippen LogP contribution < -0.4 is 0 Å². The fourth-order valence-electron chi connectivity index (χ4n) is 1.82. The maximum absolute atomic E-state index is 10.9. The van der Waals surface area contributed by atoms with Gasteiger partial charge in [-0.1, -0.05) is 12.1 Å². The van der Waals surface area contributed by atoms with Gasteiger partial charge in [-0.05, 0) is 52.7 Å². The lowest BCUT2D eigenvalue weighted by atomic mass is 10.1. The highest BCUT2D eigenvalue weighted by Gasteiger charge is 2.06. The van der Waals surface area contributed by atoms with Gasteiger partial charge in [-0.25, -0.2) is 4.79 Å². The van der Waals surface area contributed by atoms with Crippen molar-refractivity contribution in [3.8, 4) is 5.75 Å². The lowest BCUT2D eigenvalue weighted by molar-refractivity contribution is 0.0697. The summed E-state index contributed by atoms with van der Waals surface area (Å²) < 4.78 is 0.612. The van der Waals surface area contributed by atoms with E-state index in [2.05, 4.69) is 26.2 Å². The van der Waals surface area contributed by atoms with Crippen molar-refractivity contribution in [3.05, 3.63) is 57.6 Å². The molecule has 0 aliphatic carbocycles. The summed E-state index contributed by atoms with van der Waals surface area (Å²) >= 11 is 3.27. The number of nitrogens with zero attached hydrogens (tertiary/aromatic N) is 2. The summed E-state index contributed by atoms with van der Waals surface area (Å²) in [5, 5.41) is 26.8. The number of benzene rings is 2. The molecule has 2 N–H and O–H groups in total. The molecule has 0 heterocycles. The van der Waals surface area contributed by atoms with E-state index in [1.54, 1.807) is 12.1 Å². The van der Waals surface area contributed by atoms with Crippen LogP contribution in [0.1, 0.15) is 21.5 Å². The average molecular weight is 349 g/mol. The fourth-order valence-corrected chi connectivity index (χ4v) is 2.44. The number of carbonyl (C=O) groups is 1. The Balaban J connectivity index is 2.16. The van der Waals surface area contributed by atoms with Crippen molar-refractivity contribution in [3.63, 3.8) is 0 Å². The number of hydrogen-bond acceptors (Lipinski definition) is 4. The Labute approximate surface area is 130 Å². The average Bonchev–Trinajstić information content (AvgIpc) is 2.44. The molecule has 0 aliphatic heterocycles. The largest absolute Gasteiger partial charge is 0.506 e. The lowest BCUT2D eigenvalue weighted by Crippen LogP contribution is -1.94. The normalized spacial score (nSPS) is 11.0. The Bertz CT molecular complexity index is 714. The van der Waals surface area contributed by atoms with Crippen LogP contribution in [0.15, 0.2) is 51.1 Å². The predicted octanol–water partition coefficient (Wildman–Crippen LogP) is 4.45. The van der Waals surface area contributed by atoms with Crippen LogP contribution in [0.5, 0.6) is 5.75 Å². The molecular weight excluding hydrogens is 336 g/mol. The molecule has 6 heteroatoms. The highest BCUT2D eigenvalue weighted by Crippen LogP contribution is 2.30. The van der Waals surface area contributed by atoms with Gasteiger partial charge in [-0.15, -0.1) is 0 Å². The summed E-state index contributed by atoms with van der Waals surface area (Å²) in [5.41, 5.74) is 2.27. The maximum atomic E-state index is 10.9. The Hall–Kier alpha value is -2.21. The zero-order valence-electron chi connectivity index (χ0n) is 11.2. The zero-order chi connectivity index (χ0) is 15.4. The second-order valence-corrected chi connectivity index (χ2v) is 5.36. The monoisotopic (exact) mass is 348 g/mol. The number of halogens is 1. The Morgan fingerprint density at radius 2 is 2.05 bits per heavy atom. The summed E-state index contributed by atoms with van der Waals surface area (Å²) in [5.74, 6) is -0.869. The van der Waals surface area contributed by atoms with Gasteiger partial charge in [0.25, 0.3) is 0 Å². The van der Waals surface area contributed by atoms with Crippen molar-refractivity contribution in [2.24, 2.45) is 10.2 Å². The van der Waals surface area contributed by atoms with Gasteiger partial charge in [0.2, 0.25) is 0 Å². The number of aromatic hydroxyl groups is 1. The van der Waals surface area contributed by atoms with E-state index in [-0.39, 0.29) is 17.9 Å². The number of azo groups is 1. The predicted molar refractivity (Wildman–Crippen MR) is 82.2 cm³/mol. The minimum absolute atomic E-state index is 0.138. The molecule has 21 heavy (non-hydrogen) atoms. The third kappa shape index (κ3) is 3.88. The van der Waals surface area contributed by atoms with Gasteiger partial charge in [0.05, 0.1) is 22.3 Å². The van der Waals surface area contributed by atoms with Crippen molar-refractivity contribution in [2.75, 3.05) is 0 Å². The third-order valence-corrected chi connectivity index (χ3v) is 3.41. The molecule has 0 amide bonds. The molecule has 0 saturated carbocycles. The van der Waals surface area contributed by atoms with E-state index in [0.29, 0.717) is 15.7 Å². The van der Waals surface area contributed by atoms with E-state index in [1.165, 1.54) is 12.1 Å². The maximum Gasteiger partial charge on any atom is 0.335 e. The van der Waals surface area contributed by atoms with Crippen LogP contribution in [0.3, 0.4) is 0 Å². The third-order valence-electron chi connectivity index (χ3n) is 2.81. The first-order valence-corrected chi connectivity index (χ1v) is 6.95. The topological polar surface area (TPSA) is 82.2 Å². The number of aryl methyl sites for hydroxylation is 1. The number of carboxylic acid groups (broad SMARTS) is 1. The first-order valence-electron chi connectivity index (χ1n) is 6.16. The number of phenolic OH excluding ortho intramolecular Hbond substituents is 1. The molecule has 2 aromatic carbocycles. The SMILES string of the molecule is Cc1cc(Br)c(O)c(CN=Nc2cccc(C(=O)O)c2)c1. The summed E-state index contributed by atoms with van der Waals surface area (Å²) in [7, 11) is 0. The summed E-state index contributed by atoms with van der Waals surface area (Å²) in [6, 6.07) is 9.85. The van der Waals surface area contributed by atoms with Crippen molar-refractivity contribution >= 4 is 27.6 Å². The van der Waals surface area contributed by atoms with E-state index in [1.807, 2.05) is 19.1 Å². The second kappa shape index (κ2) is 6.49. The fraction of sp³-hybridized carbons (Fsp3) is 0.133. The van der Waals surface area contributed by atoms with E-state index in [9.17, 15) is 9.90 Å². The smallest absolute Gasteiger partial charge is 0.335 e. The van der Waals surface area contributed by atoms with Gasteiger partial charge in [-0.3, -0.25) is 0 Å². The van der Waals surface area contributed by atoms with Crippen molar-refractivity contribution in [1.29, 1.82) is 0 Å². The minimum Gasteiger partial charge on any atom is -0.506 e. The van der Waals surface area contributed by atoms with Crippen LogP contribution in [-0.4, -0.2) is 16.2 Å². The Morgan fingerprint density at radius 3 is 2.76 bits per heavy atom. The molecule has 2 rings (SSSR count). The Morgan fingerprint density at radius 1 is 1.29 bits per heavy atom. The van der Waals surface area contributed by atoms with E-state index >= 15 is 0 Å². The van der Waals surface area contributed by atoms with Crippen molar-refractivity contribution < 1.29 is 15.0 Å². The standard InChI is InChI=1S/C15H13BrN2O3/c1-9-5-11(14(19)13(16)6-9)8-17-18-12-4-2-3-10(7-12)15(20)21/h2-7,19H,8H2,1H3,(H,20,21). The van der Waals surface area contributed by atoms with E-state index in [0.717, 1.165) is 5.56 Å². The quantitative estimate of drug-likeness (QED) is 0.801. The first kappa shape index (κ1) is 15.2. The molecule has 0 aromatic heterocycles. The molecule has 0 saturated heterocycles. The van der Waals surface area contributed by atoms with Crippen LogP contribution in [0.4, 0.5) is 5.69 Å². The summed E-state index contributed by atoms with van der Waals surface area (Å²) in [6.45, 7) is 2.13. The molecule has 0 spiro atoms. The molecule has 108 valence electrons. The molecule has 0 aliphatic rings. The number of hydrogen-bond donors (Lipinski definition) is 2. The number of rotatable bonds is 4. The molecule has 0 radical (unpaired) electrons. The second-order valence-electron chi connectivity index (χ2n) is 4.51. The van der Waals surface area contributed by atoms with Crippen molar-refractivity contribution in [2.45, 2.75) is 13.5 Å². The van der Waals surface area contributed by atoms with Crippen LogP contribution in [-0.2, 0) is 6.54 Å². The molecule has 0 fully saturated rings. The Kier molecular flexibility index (Phi) is 4.70. The summed E-state index contributed by atoms with van der Waals surface area (Å²) in [4.78, 5) is 10.9. The first-order chi connectivity index (χ1) is 9.97. The number of phenols is 1. The van der Waals surface area contributed by atoms with E-state index < -0.39 is 5.97 Å². The molecule has 5 nitrogen and oxygen atoms in total. The van der Waals surface area contributed by atoms with Crippen LogP contribution in [0.25, 0.3) is 0 Å². The summed E-state index contributed by atoms with van der Waals surface area (Å²) in [6.07, 6.45) is 0.